The molecule has 0 radical (unpaired) electrons. The molecule has 8 nitrogen and oxygen atoms in total. The van der Waals surface area contributed by atoms with E-state index in [-0.39, 0.29) is 23.3 Å². The maximum atomic E-state index is 13.1. The van der Waals surface area contributed by atoms with E-state index in [1.807, 2.05) is 11.0 Å². The Morgan fingerprint density at radius 2 is 1.90 bits per heavy atom. The van der Waals surface area contributed by atoms with Crippen LogP contribution in [0.15, 0.2) is 12.4 Å². The van der Waals surface area contributed by atoms with Crippen LogP contribution in [0.25, 0.3) is 0 Å². The molecule has 1 spiro atoms. The maximum Gasteiger partial charge on any atom is 0.274 e. The molecule has 2 N–H and O–H groups in total. The van der Waals surface area contributed by atoms with Gasteiger partial charge in [-0.3, -0.25) is 14.7 Å². The molecule has 0 unspecified atom stereocenters. The first kappa shape index (κ1) is 17.2. The smallest absolute Gasteiger partial charge is 0.274 e. The summed E-state index contributed by atoms with van der Waals surface area (Å²) in [5, 5.41) is 7.29. The van der Waals surface area contributed by atoms with Crippen molar-refractivity contribution in [3.05, 3.63) is 35.2 Å². The van der Waals surface area contributed by atoms with Crippen LogP contribution in [0.2, 0.25) is 0 Å². The van der Waals surface area contributed by atoms with Gasteiger partial charge >= 0.3 is 0 Å². The molecule has 0 bridgehead atoms. The van der Waals surface area contributed by atoms with Crippen molar-refractivity contribution in [3.8, 4) is 0 Å². The summed E-state index contributed by atoms with van der Waals surface area (Å²) >= 11 is 0. The number of nitrogens with zero attached hydrogens (tertiary/aromatic N) is 4. The lowest BCUT2D eigenvalue weighted by molar-refractivity contribution is -0.143. The van der Waals surface area contributed by atoms with E-state index in [0.29, 0.717) is 24.7 Å². The Balaban J connectivity index is 1.24. The molecule has 4 aliphatic rings. The van der Waals surface area contributed by atoms with Crippen LogP contribution in [-0.2, 0) is 16.8 Å². The van der Waals surface area contributed by atoms with Crippen molar-refractivity contribution >= 4 is 11.8 Å². The fraction of sp³-hybridized carbons (Fsp3) is 0.619. The van der Waals surface area contributed by atoms with Gasteiger partial charge in [-0.15, -0.1) is 0 Å². The van der Waals surface area contributed by atoms with E-state index in [9.17, 15) is 9.59 Å². The number of imidazole rings is 1. The van der Waals surface area contributed by atoms with Gasteiger partial charge in [0.2, 0.25) is 5.91 Å². The fourth-order valence-electron chi connectivity index (χ4n) is 5.15. The third-order valence-electron chi connectivity index (χ3n) is 7.17. The van der Waals surface area contributed by atoms with Gasteiger partial charge in [0.15, 0.2) is 0 Å². The van der Waals surface area contributed by atoms with Crippen LogP contribution in [0.1, 0.15) is 72.0 Å². The second-order valence-electron chi connectivity index (χ2n) is 9.05. The highest BCUT2D eigenvalue weighted by atomic mass is 16.2. The Morgan fingerprint density at radius 1 is 1.10 bits per heavy atom. The Bertz CT molecular complexity index is 961. The molecule has 2 aromatic heterocycles. The minimum absolute atomic E-state index is 0.0128. The molecule has 0 aromatic carbocycles. The quantitative estimate of drug-likeness (QED) is 0.831. The van der Waals surface area contributed by atoms with Crippen molar-refractivity contribution in [2.75, 3.05) is 19.6 Å². The third-order valence-corrected chi connectivity index (χ3v) is 7.17. The van der Waals surface area contributed by atoms with E-state index in [1.54, 1.807) is 6.33 Å². The van der Waals surface area contributed by atoms with Gasteiger partial charge in [-0.25, -0.2) is 4.98 Å². The summed E-state index contributed by atoms with van der Waals surface area (Å²) in [6, 6.07) is 1.92. The number of fused-ring (bicyclic) bond motifs is 2. The van der Waals surface area contributed by atoms with Crippen LogP contribution in [0.5, 0.6) is 0 Å². The molecule has 2 amide bonds. The highest BCUT2D eigenvalue weighted by molar-refractivity contribution is 5.92. The van der Waals surface area contributed by atoms with Crippen molar-refractivity contribution in [1.29, 1.82) is 0 Å². The minimum atomic E-state index is -0.380. The number of rotatable bonds is 3. The van der Waals surface area contributed by atoms with Crippen LogP contribution in [0.3, 0.4) is 0 Å². The number of nitrogens with one attached hydrogen (secondary N) is 2. The lowest BCUT2D eigenvalue weighted by Gasteiger charge is -2.50. The van der Waals surface area contributed by atoms with E-state index >= 15 is 0 Å². The number of aromatic amines is 2. The molecule has 1 saturated heterocycles. The zero-order valence-electron chi connectivity index (χ0n) is 16.5. The average molecular weight is 394 g/mol. The van der Waals surface area contributed by atoms with Crippen LogP contribution in [-0.4, -0.2) is 61.4 Å². The second-order valence-corrected chi connectivity index (χ2v) is 9.05. The molecule has 2 aromatic rings. The van der Waals surface area contributed by atoms with Crippen molar-refractivity contribution in [2.45, 2.75) is 56.4 Å². The van der Waals surface area contributed by atoms with Gasteiger partial charge in [0.25, 0.3) is 5.91 Å². The first-order valence-corrected chi connectivity index (χ1v) is 10.8. The summed E-state index contributed by atoms with van der Waals surface area (Å²) < 4.78 is 0. The molecule has 152 valence electrons. The molecule has 2 saturated carbocycles. The first-order valence-electron chi connectivity index (χ1n) is 10.8. The summed E-state index contributed by atoms with van der Waals surface area (Å²) in [4.78, 5) is 37.9. The summed E-state index contributed by atoms with van der Waals surface area (Å²) in [6.45, 7) is 1.97. The van der Waals surface area contributed by atoms with Crippen LogP contribution in [0.4, 0.5) is 0 Å². The number of carbonyl (C=O) groups is 2. The number of hydrogen-bond acceptors (Lipinski definition) is 4. The van der Waals surface area contributed by atoms with E-state index < -0.39 is 0 Å². The Kier molecular flexibility index (Phi) is 3.67. The zero-order valence-corrected chi connectivity index (χ0v) is 16.5. The molecule has 8 heteroatoms. The van der Waals surface area contributed by atoms with Gasteiger partial charge in [-0.1, -0.05) is 0 Å². The van der Waals surface area contributed by atoms with E-state index in [1.165, 1.54) is 12.8 Å². The van der Waals surface area contributed by atoms with Gasteiger partial charge in [0.05, 0.1) is 17.6 Å². The number of likely N-dealkylation sites (tertiary alicyclic amines) is 1. The standard InChI is InChI=1S/C21H26N6O2/c28-19(14-3-4-14)27-8-5-15-18(23-12-22-15)21(27)6-9-26(10-7-21)20(29)17-11-16(24-25-17)13-1-2-13/h11-14H,1-10H2,(H,22,23)(H,24,25). The van der Waals surface area contributed by atoms with Crippen LogP contribution < -0.4 is 0 Å². The first-order chi connectivity index (χ1) is 14.2. The number of H-pyrrole nitrogens is 2. The molecule has 3 fully saturated rings. The van der Waals surface area contributed by atoms with Gasteiger partial charge in [-0.05, 0) is 44.6 Å². The van der Waals surface area contributed by atoms with Crippen molar-refractivity contribution in [3.63, 3.8) is 0 Å². The summed E-state index contributed by atoms with van der Waals surface area (Å²) in [6.07, 6.45) is 8.41. The van der Waals surface area contributed by atoms with E-state index in [4.69, 9.17) is 0 Å². The summed E-state index contributed by atoms with van der Waals surface area (Å²) in [5.41, 5.74) is 3.37. The number of piperidine rings is 1. The second kappa shape index (κ2) is 6.18. The van der Waals surface area contributed by atoms with Gasteiger partial charge in [0.1, 0.15) is 5.69 Å². The summed E-state index contributed by atoms with van der Waals surface area (Å²) in [7, 11) is 0. The molecule has 4 heterocycles. The molecule has 0 atom stereocenters. The minimum Gasteiger partial charge on any atom is -0.348 e. The van der Waals surface area contributed by atoms with Crippen LogP contribution >= 0.6 is 0 Å². The maximum absolute atomic E-state index is 13.1. The normalized spacial score (nSPS) is 23.3. The van der Waals surface area contributed by atoms with Gasteiger partial charge < -0.3 is 14.8 Å². The molecule has 2 aliphatic heterocycles. The Labute approximate surface area is 169 Å². The molecule has 2 aliphatic carbocycles. The van der Waals surface area contributed by atoms with Crippen molar-refractivity contribution in [1.82, 2.24) is 30.0 Å². The topological polar surface area (TPSA) is 98.0 Å². The van der Waals surface area contributed by atoms with Gasteiger partial charge in [-0.2, -0.15) is 5.10 Å². The largest absolute Gasteiger partial charge is 0.348 e. The molecule has 6 rings (SSSR count). The van der Waals surface area contributed by atoms with E-state index in [2.05, 4.69) is 25.1 Å². The predicted molar refractivity (Wildman–Crippen MR) is 104 cm³/mol. The number of amides is 2. The highest BCUT2D eigenvalue weighted by Crippen LogP contribution is 2.45. The predicted octanol–water partition coefficient (Wildman–Crippen LogP) is 1.94. The fourth-order valence-corrected chi connectivity index (χ4v) is 5.15. The van der Waals surface area contributed by atoms with Crippen molar-refractivity contribution < 1.29 is 9.59 Å². The SMILES string of the molecule is O=C(c1cc(C2CC2)[nH]n1)N1CCC2(CC1)c1nc[nH]c1CCN2C(=O)C1CC1. The number of aromatic nitrogens is 4. The molecule has 29 heavy (non-hydrogen) atoms. The van der Waals surface area contributed by atoms with Gasteiger partial charge in [0, 0.05) is 49.3 Å². The number of carbonyl (C=O) groups excluding carboxylic acids is 2. The molecular weight excluding hydrogens is 368 g/mol. The monoisotopic (exact) mass is 394 g/mol. The summed E-state index contributed by atoms with van der Waals surface area (Å²) in [5.74, 6) is 1.01. The number of hydrogen-bond donors (Lipinski definition) is 2. The zero-order chi connectivity index (χ0) is 19.6. The average Bonchev–Trinajstić information content (AvgIpc) is 3.67. The molecular formula is C21H26N6O2. The van der Waals surface area contributed by atoms with Crippen molar-refractivity contribution in [2.24, 2.45) is 5.92 Å². The van der Waals surface area contributed by atoms with Crippen LogP contribution in [0, 0.1) is 5.92 Å². The van der Waals surface area contributed by atoms with E-state index in [0.717, 1.165) is 55.7 Å². The lowest BCUT2D eigenvalue weighted by atomic mass is 9.78. The third kappa shape index (κ3) is 2.72. The Morgan fingerprint density at radius 3 is 2.62 bits per heavy atom. The lowest BCUT2D eigenvalue weighted by Crippen LogP contribution is -2.59. The highest BCUT2D eigenvalue weighted by Gasteiger charge is 2.51. The Hall–Kier alpha value is -2.64.